The van der Waals surface area contributed by atoms with E-state index in [0.717, 1.165) is 0 Å². The standard InChI is InChI=1S/C4H4O7/c5-3(6)10-1-2(9-1)11-4(7)8/h1-2H,(H,5,6)(H,7,8)/t1-,2+. The van der Waals surface area contributed by atoms with Crippen LogP contribution in [0, 0.1) is 0 Å². The Balaban J connectivity index is 2.16. The maximum atomic E-state index is 9.78. The van der Waals surface area contributed by atoms with Crippen LogP contribution in [0.2, 0.25) is 0 Å². The van der Waals surface area contributed by atoms with Crippen LogP contribution in [0.15, 0.2) is 0 Å². The van der Waals surface area contributed by atoms with E-state index >= 15 is 0 Å². The Labute approximate surface area is 60.1 Å². The zero-order valence-electron chi connectivity index (χ0n) is 5.09. The van der Waals surface area contributed by atoms with Gasteiger partial charge >= 0.3 is 12.3 Å². The lowest BCUT2D eigenvalue weighted by molar-refractivity contribution is 0.0444. The average Bonchev–Trinajstić information content (AvgIpc) is 2.43. The van der Waals surface area contributed by atoms with E-state index in [2.05, 4.69) is 14.2 Å². The van der Waals surface area contributed by atoms with E-state index in [1.54, 1.807) is 0 Å². The van der Waals surface area contributed by atoms with Crippen LogP contribution in [-0.2, 0) is 14.2 Å². The number of carboxylic acid groups (broad SMARTS) is 2. The Morgan fingerprint density at radius 1 is 1.09 bits per heavy atom. The molecule has 0 bridgehead atoms. The largest absolute Gasteiger partial charge is 0.508 e. The zero-order chi connectivity index (χ0) is 8.43. The van der Waals surface area contributed by atoms with Gasteiger partial charge in [-0.05, 0) is 0 Å². The minimum Gasteiger partial charge on any atom is -0.450 e. The highest BCUT2D eigenvalue weighted by Crippen LogP contribution is 2.24. The van der Waals surface area contributed by atoms with E-state index in [1.807, 2.05) is 0 Å². The van der Waals surface area contributed by atoms with E-state index in [9.17, 15) is 9.59 Å². The van der Waals surface area contributed by atoms with Gasteiger partial charge in [-0.2, -0.15) is 0 Å². The molecule has 0 saturated carbocycles. The summed E-state index contributed by atoms with van der Waals surface area (Å²) in [5, 5.41) is 15.9. The van der Waals surface area contributed by atoms with Crippen LogP contribution in [0.25, 0.3) is 0 Å². The second kappa shape index (κ2) is 2.62. The molecule has 0 radical (unpaired) electrons. The number of epoxide rings is 1. The molecule has 0 aromatic heterocycles. The molecule has 1 fully saturated rings. The molecule has 0 aromatic carbocycles. The van der Waals surface area contributed by atoms with Crippen molar-refractivity contribution < 1.29 is 34.0 Å². The first-order valence-corrected chi connectivity index (χ1v) is 2.54. The van der Waals surface area contributed by atoms with Gasteiger partial charge in [-0.1, -0.05) is 0 Å². The number of carbonyl (C=O) groups is 2. The van der Waals surface area contributed by atoms with Crippen LogP contribution in [-0.4, -0.2) is 35.1 Å². The highest BCUT2D eigenvalue weighted by atomic mass is 16.9. The molecule has 7 heteroatoms. The first-order chi connectivity index (χ1) is 5.09. The molecule has 11 heavy (non-hydrogen) atoms. The van der Waals surface area contributed by atoms with E-state index in [4.69, 9.17) is 10.2 Å². The van der Waals surface area contributed by atoms with Gasteiger partial charge in [0, 0.05) is 0 Å². The fourth-order valence-corrected chi connectivity index (χ4v) is 0.452. The monoisotopic (exact) mass is 164 g/mol. The van der Waals surface area contributed by atoms with E-state index in [1.165, 1.54) is 0 Å². The summed E-state index contributed by atoms with van der Waals surface area (Å²) >= 11 is 0. The summed E-state index contributed by atoms with van der Waals surface area (Å²) in [5.41, 5.74) is 0. The molecule has 7 nitrogen and oxygen atoms in total. The Hall–Kier alpha value is -1.50. The number of hydrogen-bond donors (Lipinski definition) is 2. The minimum atomic E-state index is -1.54. The molecule has 0 aliphatic carbocycles. The van der Waals surface area contributed by atoms with Gasteiger partial charge in [0.05, 0.1) is 0 Å². The van der Waals surface area contributed by atoms with Crippen LogP contribution in [0.3, 0.4) is 0 Å². The van der Waals surface area contributed by atoms with Gasteiger partial charge in [-0.25, -0.2) is 9.59 Å². The maximum absolute atomic E-state index is 9.78. The molecule has 2 N–H and O–H groups in total. The Morgan fingerprint density at radius 2 is 1.45 bits per heavy atom. The number of rotatable bonds is 2. The summed E-state index contributed by atoms with van der Waals surface area (Å²) in [6, 6.07) is 0. The highest BCUT2D eigenvalue weighted by Gasteiger charge is 2.47. The quantitative estimate of drug-likeness (QED) is 0.438. The van der Waals surface area contributed by atoms with E-state index in [0.29, 0.717) is 0 Å². The van der Waals surface area contributed by atoms with Crippen LogP contribution in [0.1, 0.15) is 0 Å². The predicted octanol–water partition coefficient (Wildman–Crippen LogP) is 0.0580. The molecule has 0 unspecified atom stereocenters. The summed E-state index contributed by atoms with van der Waals surface area (Å²) in [5.74, 6) is 0. The van der Waals surface area contributed by atoms with Gasteiger partial charge in [0.15, 0.2) is 0 Å². The number of hydrogen-bond acceptors (Lipinski definition) is 5. The molecule has 1 saturated heterocycles. The van der Waals surface area contributed by atoms with Gasteiger partial charge in [-0.15, -0.1) is 0 Å². The molecular formula is C4H4O7. The van der Waals surface area contributed by atoms with Crippen LogP contribution >= 0.6 is 0 Å². The van der Waals surface area contributed by atoms with Crippen molar-refractivity contribution in [1.29, 1.82) is 0 Å². The van der Waals surface area contributed by atoms with Crippen molar-refractivity contribution in [2.45, 2.75) is 12.6 Å². The third kappa shape index (κ3) is 2.30. The van der Waals surface area contributed by atoms with Crippen molar-refractivity contribution in [2.24, 2.45) is 0 Å². The van der Waals surface area contributed by atoms with E-state index in [-0.39, 0.29) is 0 Å². The predicted molar refractivity (Wildman–Crippen MR) is 26.9 cm³/mol. The highest BCUT2D eigenvalue weighted by molar-refractivity contribution is 5.58. The molecule has 62 valence electrons. The SMILES string of the molecule is O=C(O)O[C@@H]1O[C@@H]1OC(=O)O. The van der Waals surface area contributed by atoms with Crippen molar-refractivity contribution in [3.8, 4) is 0 Å². The molecule has 1 aliphatic rings. The lowest BCUT2D eigenvalue weighted by Crippen LogP contribution is -2.10. The van der Waals surface area contributed by atoms with Crippen molar-refractivity contribution in [2.75, 3.05) is 0 Å². The minimum absolute atomic E-state index is 1.11. The first-order valence-electron chi connectivity index (χ1n) is 2.54. The van der Waals surface area contributed by atoms with Gasteiger partial charge in [0.1, 0.15) is 0 Å². The zero-order valence-corrected chi connectivity index (χ0v) is 5.09. The van der Waals surface area contributed by atoms with Gasteiger partial charge < -0.3 is 19.7 Å². The van der Waals surface area contributed by atoms with Crippen molar-refractivity contribution >= 4 is 12.3 Å². The normalized spacial score (nSPS) is 27.3. The van der Waals surface area contributed by atoms with E-state index < -0.39 is 24.9 Å². The Morgan fingerprint density at radius 3 is 1.73 bits per heavy atom. The smallest absolute Gasteiger partial charge is 0.450 e. The molecule has 0 aromatic rings. The van der Waals surface area contributed by atoms with Crippen LogP contribution < -0.4 is 0 Å². The lowest BCUT2D eigenvalue weighted by Gasteiger charge is -1.92. The van der Waals surface area contributed by atoms with Crippen LogP contribution in [0.5, 0.6) is 0 Å². The second-order valence-electron chi connectivity index (χ2n) is 1.64. The van der Waals surface area contributed by atoms with Gasteiger partial charge in [0.25, 0.3) is 12.6 Å². The number of ether oxygens (including phenoxy) is 3. The average molecular weight is 164 g/mol. The molecule has 0 amide bonds. The first kappa shape index (κ1) is 7.61. The summed E-state index contributed by atoms with van der Waals surface area (Å²) in [6.07, 6.45) is -5.29. The topological polar surface area (TPSA) is 106 Å². The summed E-state index contributed by atoms with van der Waals surface area (Å²) in [4.78, 5) is 19.6. The third-order valence-corrected chi connectivity index (χ3v) is 0.848. The summed E-state index contributed by atoms with van der Waals surface area (Å²) in [6.45, 7) is 0. The van der Waals surface area contributed by atoms with Crippen LogP contribution in [0.4, 0.5) is 9.59 Å². The lowest BCUT2D eigenvalue weighted by atomic mass is 10.8. The Kier molecular flexibility index (Phi) is 1.81. The molecule has 0 spiro atoms. The third-order valence-electron chi connectivity index (χ3n) is 0.848. The van der Waals surface area contributed by atoms with Gasteiger partial charge in [-0.3, -0.25) is 4.74 Å². The second-order valence-corrected chi connectivity index (χ2v) is 1.64. The maximum Gasteiger partial charge on any atom is 0.508 e. The van der Waals surface area contributed by atoms with Crippen molar-refractivity contribution in [3.63, 3.8) is 0 Å². The van der Waals surface area contributed by atoms with Gasteiger partial charge in [0.2, 0.25) is 0 Å². The molecule has 2 atom stereocenters. The van der Waals surface area contributed by atoms with Crippen molar-refractivity contribution in [3.05, 3.63) is 0 Å². The molecule has 1 rings (SSSR count). The molecule has 1 heterocycles. The summed E-state index contributed by atoms with van der Waals surface area (Å²) in [7, 11) is 0. The fourth-order valence-electron chi connectivity index (χ4n) is 0.452. The summed E-state index contributed by atoms with van der Waals surface area (Å²) < 4.78 is 12.3. The Bertz CT molecular complexity index is 167. The molecule has 1 aliphatic heterocycles. The fraction of sp³-hybridized carbons (Fsp3) is 0.500. The molecular weight excluding hydrogens is 160 g/mol. The van der Waals surface area contributed by atoms with Crippen molar-refractivity contribution in [1.82, 2.24) is 0 Å².